The first-order valence-corrected chi connectivity index (χ1v) is 7.30. The normalized spacial score (nSPS) is 34.1. The van der Waals surface area contributed by atoms with Crippen molar-refractivity contribution < 1.29 is 20.1 Å². The summed E-state index contributed by atoms with van der Waals surface area (Å²) in [7, 11) is 0. The minimum absolute atomic E-state index is 0.355. The summed E-state index contributed by atoms with van der Waals surface area (Å²) >= 11 is 0. The maximum Gasteiger partial charge on any atom is 0.154 e. The van der Waals surface area contributed by atoms with Gasteiger partial charge in [0, 0.05) is 6.54 Å². The maximum atomic E-state index is 10.6. The summed E-state index contributed by atoms with van der Waals surface area (Å²) in [5.74, 6) is 0.749. The molecule has 4 rings (SSSR count). The SMILES string of the molecule is C[C@@]1(O)[C@H](O)[C@@H](CO)O[C@H]1c1cc2c3c(ncnn13)NCC2. The summed E-state index contributed by atoms with van der Waals surface area (Å²) in [6.45, 7) is 1.94. The Morgan fingerprint density at radius 1 is 1.55 bits per heavy atom. The smallest absolute Gasteiger partial charge is 0.154 e. The summed E-state index contributed by atoms with van der Waals surface area (Å²) in [5, 5.41) is 37.6. The first-order valence-electron chi connectivity index (χ1n) is 7.30. The minimum Gasteiger partial charge on any atom is -0.394 e. The fourth-order valence-corrected chi connectivity index (χ4v) is 3.40. The molecule has 4 heterocycles. The van der Waals surface area contributed by atoms with E-state index in [1.165, 1.54) is 13.3 Å². The Bertz CT molecular complexity index is 729. The van der Waals surface area contributed by atoms with E-state index in [0.29, 0.717) is 5.69 Å². The van der Waals surface area contributed by atoms with E-state index in [4.69, 9.17) is 4.74 Å². The van der Waals surface area contributed by atoms with Crippen LogP contribution in [0.25, 0.3) is 5.52 Å². The highest BCUT2D eigenvalue weighted by atomic mass is 16.6. The second-order valence-corrected chi connectivity index (χ2v) is 6.05. The average molecular weight is 306 g/mol. The molecule has 118 valence electrons. The van der Waals surface area contributed by atoms with E-state index in [0.717, 1.165) is 29.9 Å². The first-order chi connectivity index (χ1) is 10.5. The molecule has 1 fully saturated rings. The number of aliphatic hydroxyl groups excluding tert-OH is 2. The highest BCUT2D eigenvalue weighted by Gasteiger charge is 2.53. The molecular weight excluding hydrogens is 288 g/mol. The van der Waals surface area contributed by atoms with Crippen molar-refractivity contribution >= 4 is 11.3 Å². The predicted octanol–water partition coefficient (Wildman–Crippen LogP) is -0.759. The lowest BCUT2D eigenvalue weighted by atomic mass is 9.91. The van der Waals surface area contributed by atoms with Crippen LogP contribution in [0.5, 0.6) is 0 Å². The van der Waals surface area contributed by atoms with Gasteiger partial charge < -0.3 is 25.4 Å². The molecule has 1 saturated heterocycles. The highest BCUT2D eigenvalue weighted by Crippen LogP contribution is 2.43. The van der Waals surface area contributed by atoms with E-state index in [9.17, 15) is 15.3 Å². The van der Waals surface area contributed by atoms with Gasteiger partial charge in [0.15, 0.2) is 5.82 Å². The number of hydrogen-bond donors (Lipinski definition) is 4. The Kier molecular flexibility index (Phi) is 2.92. The van der Waals surface area contributed by atoms with Gasteiger partial charge in [-0.3, -0.25) is 0 Å². The molecule has 2 aromatic heterocycles. The fraction of sp³-hybridized carbons (Fsp3) is 0.571. The van der Waals surface area contributed by atoms with Gasteiger partial charge in [-0.15, -0.1) is 0 Å². The molecule has 0 amide bonds. The molecule has 0 bridgehead atoms. The third kappa shape index (κ3) is 1.72. The summed E-state index contributed by atoms with van der Waals surface area (Å²) in [6.07, 6.45) is -0.496. The Labute approximate surface area is 126 Å². The average Bonchev–Trinajstić information content (AvgIpc) is 2.98. The quantitative estimate of drug-likeness (QED) is 0.577. The largest absolute Gasteiger partial charge is 0.394 e. The molecular formula is C14H18N4O4. The Balaban J connectivity index is 1.87. The summed E-state index contributed by atoms with van der Waals surface area (Å²) in [6, 6.07) is 1.93. The summed E-state index contributed by atoms with van der Waals surface area (Å²) in [5.41, 5.74) is 1.08. The van der Waals surface area contributed by atoms with Crippen molar-refractivity contribution in [3.63, 3.8) is 0 Å². The van der Waals surface area contributed by atoms with Gasteiger partial charge in [0.25, 0.3) is 0 Å². The van der Waals surface area contributed by atoms with Crippen molar-refractivity contribution in [2.24, 2.45) is 0 Å². The summed E-state index contributed by atoms with van der Waals surface area (Å²) < 4.78 is 7.39. The molecule has 22 heavy (non-hydrogen) atoms. The van der Waals surface area contributed by atoms with Crippen molar-refractivity contribution in [2.75, 3.05) is 18.5 Å². The minimum atomic E-state index is -1.51. The van der Waals surface area contributed by atoms with Crippen molar-refractivity contribution in [1.29, 1.82) is 0 Å². The number of ether oxygens (including phenoxy) is 1. The van der Waals surface area contributed by atoms with Gasteiger partial charge in [-0.1, -0.05) is 0 Å². The van der Waals surface area contributed by atoms with E-state index in [1.807, 2.05) is 6.07 Å². The van der Waals surface area contributed by atoms with Crippen LogP contribution in [-0.4, -0.2) is 60.9 Å². The molecule has 0 spiro atoms. The van der Waals surface area contributed by atoms with E-state index >= 15 is 0 Å². The number of aromatic nitrogens is 3. The summed E-state index contributed by atoms with van der Waals surface area (Å²) in [4.78, 5) is 4.22. The van der Waals surface area contributed by atoms with Gasteiger partial charge in [0.1, 0.15) is 35.8 Å². The molecule has 4 atom stereocenters. The molecule has 0 saturated carbocycles. The van der Waals surface area contributed by atoms with Crippen LogP contribution in [0.1, 0.15) is 24.3 Å². The fourth-order valence-electron chi connectivity index (χ4n) is 3.40. The van der Waals surface area contributed by atoms with Gasteiger partial charge in [-0.2, -0.15) is 5.10 Å². The highest BCUT2D eigenvalue weighted by molar-refractivity contribution is 5.75. The van der Waals surface area contributed by atoms with Crippen LogP contribution < -0.4 is 5.32 Å². The van der Waals surface area contributed by atoms with Crippen molar-refractivity contribution in [2.45, 2.75) is 37.3 Å². The third-order valence-electron chi connectivity index (χ3n) is 4.59. The lowest BCUT2D eigenvalue weighted by molar-refractivity contribution is -0.0664. The van der Waals surface area contributed by atoms with Crippen LogP contribution in [0, 0.1) is 0 Å². The molecule has 4 N–H and O–H groups in total. The Morgan fingerprint density at radius 2 is 2.36 bits per heavy atom. The van der Waals surface area contributed by atoms with E-state index in [2.05, 4.69) is 15.4 Å². The van der Waals surface area contributed by atoms with Gasteiger partial charge in [0.05, 0.1) is 12.3 Å². The van der Waals surface area contributed by atoms with E-state index in [-0.39, 0.29) is 6.61 Å². The van der Waals surface area contributed by atoms with Crippen LogP contribution in [0.3, 0.4) is 0 Å². The number of hydrogen-bond acceptors (Lipinski definition) is 7. The molecule has 2 aliphatic heterocycles. The second kappa shape index (κ2) is 4.63. The molecule has 0 aliphatic carbocycles. The van der Waals surface area contributed by atoms with Crippen molar-refractivity contribution in [1.82, 2.24) is 14.6 Å². The van der Waals surface area contributed by atoms with Crippen LogP contribution in [0.2, 0.25) is 0 Å². The molecule has 0 aromatic carbocycles. The first kappa shape index (κ1) is 13.9. The maximum absolute atomic E-state index is 10.6. The zero-order valence-electron chi connectivity index (χ0n) is 12.1. The monoisotopic (exact) mass is 306 g/mol. The van der Waals surface area contributed by atoms with E-state index < -0.39 is 23.9 Å². The van der Waals surface area contributed by atoms with Crippen LogP contribution >= 0.6 is 0 Å². The van der Waals surface area contributed by atoms with Gasteiger partial charge in [-0.25, -0.2) is 9.50 Å². The number of rotatable bonds is 2. The Hall–Kier alpha value is -1.74. The molecule has 2 aliphatic rings. The van der Waals surface area contributed by atoms with E-state index in [1.54, 1.807) is 4.52 Å². The van der Waals surface area contributed by atoms with Crippen molar-refractivity contribution in [3.8, 4) is 0 Å². The molecule has 2 aromatic rings. The van der Waals surface area contributed by atoms with Gasteiger partial charge in [0.2, 0.25) is 0 Å². The number of aliphatic hydroxyl groups is 3. The molecule has 8 heteroatoms. The predicted molar refractivity (Wildman–Crippen MR) is 76.5 cm³/mol. The molecule has 0 unspecified atom stereocenters. The topological polar surface area (TPSA) is 112 Å². The van der Waals surface area contributed by atoms with Crippen LogP contribution in [0.15, 0.2) is 12.4 Å². The molecule has 8 nitrogen and oxygen atoms in total. The van der Waals surface area contributed by atoms with Gasteiger partial charge in [-0.05, 0) is 25.0 Å². The molecule has 0 radical (unpaired) electrons. The Morgan fingerprint density at radius 3 is 3.09 bits per heavy atom. The van der Waals surface area contributed by atoms with Crippen molar-refractivity contribution in [3.05, 3.63) is 23.7 Å². The van der Waals surface area contributed by atoms with Gasteiger partial charge >= 0.3 is 0 Å². The lowest BCUT2D eigenvalue weighted by Crippen LogP contribution is -2.43. The number of nitrogens with one attached hydrogen (secondary N) is 1. The number of anilines is 1. The third-order valence-corrected chi connectivity index (χ3v) is 4.59. The second-order valence-electron chi connectivity index (χ2n) is 6.05. The lowest BCUT2D eigenvalue weighted by Gasteiger charge is -2.26. The zero-order valence-corrected chi connectivity index (χ0v) is 12.1. The van der Waals surface area contributed by atoms with Crippen LogP contribution in [-0.2, 0) is 11.2 Å². The zero-order chi connectivity index (χ0) is 15.5. The number of nitrogens with zero attached hydrogens (tertiary/aromatic N) is 3. The standard InChI is InChI=1S/C14H18N4O4/c1-14(21)11(20)9(5-19)22-12(14)8-4-7-2-3-15-13-10(7)18(8)17-6-16-13/h4,6,9,11-12,19-21H,2-3,5H2,1H3,(H,15,16,17)/t9-,11-,12+,14-/m1/s1. The van der Waals surface area contributed by atoms with Crippen LogP contribution in [0.4, 0.5) is 5.82 Å².